The van der Waals surface area contributed by atoms with Crippen molar-refractivity contribution in [1.82, 2.24) is 0 Å². The molecule has 0 heterocycles. The van der Waals surface area contributed by atoms with Crippen molar-refractivity contribution in [2.24, 2.45) is 0 Å². The summed E-state index contributed by atoms with van der Waals surface area (Å²) in [7, 11) is 0. The van der Waals surface area contributed by atoms with Gasteiger partial charge in [0.25, 0.3) is 0 Å². The van der Waals surface area contributed by atoms with E-state index in [4.69, 9.17) is 2.81 Å². The fourth-order valence-corrected chi connectivity index (χ4v) is 0. The van der Waals surface area contributed by atoms with Gasteiger partial charge in [0.2, 0.25) is 0 Å². The summed E-state index contributed by atoms with van der Waals surface area (Å²) in [5.41, 5.74) is 0. The van der Waals surface area contributed by atoms with Crippen LogP contribution in [-0.2, 0) is 2.81 Å². The topological polar surface area (TPSA) is 17.1 Å². The van der Waals surface area contributed by atoms with Crippen LogP contribution < -0.4 is 76.2 Å². The second-order valence-electron chi connectivity index (χ2n) is 0. The first-order valence-corrected chi connectivity index (χ1v) is 1.60. The van der Waals surface area contributed by atoms with Gasteiger partial charge in [0.15, 0.2) is 0 Å². The van der Waals surface area contributed by atoms with Gasteiger partial charge in [-0.3, -0.25) is 0 Å². The summed E-state index contributed by atoms with van der Waals surface area (Å²) < 4.78 is 8.36. The van der Waals surface area contributed by atoms with E-state index in [1.807, 2.05) is 0 Å². The van der Waals surface area contributed by atoms with Crippen molar-refractivity contribution in [3.8, 4) is 0 Å². The minimum absolute atomic E-state index is 0. The summed E-state index contributed by atoms with van der Waals surface area (Å²) >= 11 is 0.194. The first-order chi connectivity index (χ1) is 1.00. The van der Waals surface area contributed by atoms with Crippen molar-refractivity contribution in [1.29, 1.82) is 0 Å². The van der Waals surface area contributed by atoms with E-state index in [1.54, 1.807) is 0 Å². The third kappa shape index (κ3) is 19.7. The van der Waals surface area contributed by atoms with Crippen LogP contribution in [0.2, 0.25) is 0 Å². The number of rotatable bonds is 0. The quantitative estimate of drug-likeness (QED) is 0.402. The van der Waals surface area contributed by atoms with Crippen molar-refractivity contribution in [3.63, 3.8) is 0 Å². The van der Waals surface area contributed by atoms with Gasteiger partial charge in [-0.05, 0) is 0 Å². The minimum atomic E-state index is 0. The molecule has 0 atom stereocenters. The molecule has 0 fully saturated rings. The first kappa shape index (κ1) is 24.7. The molecule has 0 N–H and O–H groups in total. The molecule has 0 aliphatic carbocycles. The molecule has 0 aromatic rings. The van der Waals surface area contributed by atoms with Crippen LogP contribution in [0.1, 0.15) is 0 Å². The fraction of sp³-hybridized carbons (Fsp3) is 0. The second-order valence-corrected chi connectivity index (χ2v) is 0. The second kappa shape index (κ2) is 28.6. The maximum atomic E-state index is 8.36. The molecule has 5 heavy (non-hydrogen) atoms. The third-order valence-corrected chi connectivity index (χ3v) is 0. The summed E-state index contributed by atoms with van der Waals surface area (Å²) in [6.45, 7) is 0. The van der Waals surface area contributed by atoms with E-state index < -0.39 is 0 Å². The van der Waals surface area contributed by atoms with Gasteiger partial charge in [0, 0.05) is 0 Å². The number of hydrogen-bond donors (Lipinski definition) is 0. The molecular weight excluding hydrogens is 335 g/mol. The van der Waals surface area contributed by atoms with Crippen molar-refractivity contribution >= 4 is 24.7 Å². The van der Waals surface area contributed by atoms with Crippen molar-refractivity contribution < 1.29 is 79.0 Å². The summed E-state index contributed by atoms with van der Waals surface area (Å²) in [5, 5.41) is 0. The van der Waals surface area contributed by atoms with Gasteiger partial charge < -0.3 is 24.8 Å². The Hall–Kier alpha value is 2.90. The Kier molecular flexibility index (Phi) is 141. The van der Waals surface area contributed by atoms with Crippen LogP contribution >= 0.6 is 0 Å². The third-order valence-electron chi connectivity index (χ3n) is 0. The summed E-state index contributed by atoms with van der Waals surface area (Å²) in [4.78, 5) is 0. The summed E-state index contributed by atoms with van der Waals surface area (Å²) in [6, 6.07) is 0. The monoisotopic (exact) mass is 334 g/mol. The van der Waals surface area contributed by atoms with Gasteiger partial charge in [-0.25, -0.2) is 0 Å². The van der Waals surface area contributed by atoms with Gasteiger partial charge in [0.1, 0.15) is 0 Å². The predicted octanol–water partition coefficient (Wildman–Crippen LogP) is -9.49. The van der Waals surface area contributed by atoms with Gasteiger partial charge in [-0.1, -0.05) is 0 Å². The average Bonchev–Trinajstić information content (AvgIpc) is 1.00. The van der Waals surface area contributed by atoms with Crippen molar-refractivity contribution in [2.45, 2.75) is 0 Å². The van der Waals surface area contributed by atoms with Gasteiger partial charge in [-0.2, -0.15) is 0 Å². The summed E-state index contributed by atoms with van der Waals surface area (Å²) in [5.74, 6) is 0. The Morgan fingerprint density at radius 3 is 1.00 bits per heavy atom. The normalized spacial score (nSPS) is 0.800. The molecule has 0 unspecified atom stereocenters. The first-order valence-electron chi connectivity index (χ1n) is 0.183. The molecule has 0 aliphatic heterocycles. The van der Waals surface area contributed by atoms with Gasteiger partial charge >= 0.3 is 78.9 Å². The van der Waals surface area contributed by atoms with Crippen molar-refractivity contribution in [2.75, 3.05) is 0 Å². The van der Waals surface area contributed by atoms with E-state index in [-0.39, 0.29) is 101 Å². The molecule has 5 heteroatoms. The van der Waals surface area contributed by atoms with Crippen LogP contribution in [0.15, 0.2) is 0 Å². The number of halogens is 2. The molecule has 0 rings (SSSR count). The van der Waals surface area contributed by atoms with Crippen LogP contribution in [0.3, 0.4) is 0 Å². The Labute approximate surface area is 101 Å². The molecule has 0 aromatic carbocycles. The Bertz CT molecular complexity index is 9.61. The molecule has 1 nitrogen and oxygen atoms in total. The maximum absolute atomic E-state index is 8.36. The molecule has 26 valence electrons. The zero-order valence-electron chi connectivity index (χ0n) is 2.61. The van der Waals surface area contributed by atoms with Gasteiger partial charge in [0.05, 0.1) is 0 Å². The SMILES string of the molecule is [Cl-].[Cl-].[K+].[O]=[Bi+]. The average molecular weight is 335 g/mol. The van der Waals surface area contributed by atoms with E-state index in [0.717, 1.165) is 0 Å². The zero-order chi connectivity index (χ0) is 2.00. The summed E-state index contributed by atoms with van der Waals surface area (Å²) in [6.07, 6.45) is 0. The Morgan fingerprint density at radius 1 is 1.00 bits per heavy atom. The molecule has 0 amide bonds. The Balaban J connectivity index is -0.00000000167. The van der Waals surface area contributed by atoms with E-state index in [2.05, 4.69) is 0 Å². The Morgan fingerprint density at radius 2 is 1.00 bits per heavy atom. The molecule has 0 aliphatic rings. The van der Waals surface area contributed by atoms with Crippen LogP contribution in [0.4, 0.5) is 0 Å². The molecule has 0 spiro atoms. The van der Waals surface area contributed by atoms with Crippen LogP contribution in [-0.4, -0.2) is 24.7 Å². The zero-order valence-corrected chi connectivity index (χ0v) is 10.7. The van der Waals surface area contributed by atoms with Crippen LogP contribution in [0.25, 0.3) is 0 Å². The van der Waals surface area contributed by atoms with E-state index in [0.29, 0.717) is 0 Å². The van der Waals surface area contributed by atoms with Crippen LogP contribution in [0.5, 0.6) is 0 Å². The standard InChI is InChI=1S/Bi.2ClH.K.O/h;2*1H;;/q+1;;;+1;/p-2. The molecule has 0 saturated heterocycles. The molecule has 0 saturated carbocycles. The van der Waals surface area contributed by atoms with Crippen LogP contribution in [0, 0.1) is 0 Å². The molecule has 0 bridgehead atoms. The molecule has 2 radical (unpaired) electrons. The number of hydrogen-bond acceptors (Lipinski definition) is 1. The molecule has 0 aromatic heterocycles. The molecular formula is BiCl2KO. The van der Waals surface area contributed by atoms with Gasteiger partial charge in [-0.15, -0.1) is 0 Å². The van der Waals surface area contributed by atoms with Crippen molar-refractivity contribution in [3.05, 3.63) is 0 Å². The fourth-order valence-electron chi connectivity index (χ4n) is 0. The van der Waals surface area contributed by atoms with E-state index in [9.17, 15) is 0 Å². The van der Waals surface area contributed by atoms with E-state index >= 15 is 0 Å². The van der Waals surface area contributed by atoms with E-state index in [1.165, 1.54) is 0 Å². The predicted molar refractivity (Wildman–Crippen MR) is 6.44 cm³/mol.